The molecule has 1 aromatic carbocycles. The van der Waals surface area contributed by atoms with Crippen molar-refractivity contribution in [3.63, 3.8) is 0 Å². The van der Waals surface area contributed by atoms with Crippen LogP contribution in [-0.4, -0.2) is 16.8 Å². The lowest BCUT2D eigenvalue weighted by Gasteiger charge is -2.08. The van der Waals surface area contributed by atoms with Crippen molar-refractivity contribution in [2.24, 2.45) is 11.8 Å². The Bertz CT molecular complexity index is 738. The molecule has 1 aromatic heterocycles. The Hall–Kier alpha value is -2.69. The summed E-state index contributed by atoms with van der Waals surface area (Å²) >= 11 is 0. The fraction of sp³-hybridized carbons (Fsp3) is 0.316. The fourth-order valence-electron chi connectivity index (χ4n) is 2.88. The second-order valence-corrected chi connectivity index (χ2v) is 6.39. The number of anilines is 1. The van der Waals surface area contributed by atoms with Crippen LogP contribution in [0.4, 0.5) is 5.69 Å². The van der Waals surface area contributed by atoms with Gasteiger partial charge in [-0.3, -0.25) is 14.6 Å². The highest BCUT2D eigenvalue weighted by Gasteiger charge is 2.47. The first kappa shape index (κ1) is 16.2. The van der Waals surface area contributed by atoms with Crippen molar-refractivity contribution in [1.82, 2.24) is 10.3 Å². The number of benzene rings is 1. The number of carbonyl (C=O) groups is 2. The van der Waals surface area contributed by atoms with Crippen molar-refractivity contribution in [2.75, 3.05) is 5.32 Å². The molecule has 124 valence electrons. The maximum atomic E-state index is 12.3. The third kappa shape index (κ3) is 3.98. The summed E-state index contributed by atoms with van der Waals surface area (Å²) in [6.07, 6.45) is 4.02. The number of pyridine rings is 1. The van der Waals surface area contributed by atoms with Crippen LogP contribution in [0, 0.1) is 25.7 Å². The predicted molar refractivity (Wildman–Crippen MR) is 92.2 cm³/mol. The number of nitrogens with zero attached hydrogens (tertiary/aromatic N) is 1. The second kappa shape index (κ2) is 6.83. The van der Waals surface area contributed by atoms with Gasteiger partial charge in [0.2, 0.25) is 11.8 Å². The Balaban J connectivity index is 1.50. The Kier molecular flexibility index (Phi) is 4.60. The van der Waals surface area contributed by atoms with Crippen LogP contribution in [-0.2, 0) is 16.1 Å². The minimum absolute atomic E-state index is 0.0700. The number of nitrogens with one attached hydrogen (secondary N) is 2. The molecule has 2 unspecified atom stereocenters. The van der Waals surface area contributed by atoms with Gasteiger partial charge in [-0.2, -0.15) is 0 Å². The van der Waals surface area contributed by atoms with E-state index in [4.69, 9.17) is 0 Å². The van der Waals surface area contributed by atoms with Gasteiger partial charge >= 0.3 is 0 Å². The van der Waals surface area contributed by atoms with Crippen LogP contribution in [0.2, 0.25) is 0 Å². The van der Waals surface area contributed by atoms with Crippen molar-refractivity contribution in [1.29, 1.82) is 0 Å². The smallest absolute Gasteiger partial charge is 0.228 e. The Morgan fingerprint density at radius 1 is 1.12 bits per heavy atom. The molecular weight excluding hydrogens is 302 g/mol. The number of rotatable bonds is 5. The van der Waals surface area contributed by atoms with E-state index in [2.05, 4.69) is 21.7 Å². The summed E-state index contributed by atoms with van der Waals surface area (Å²) < 4.78 is 0. The van der Waals surface area contributed by atoms with E-state index < -0.39 is 0 Å². The topological polar surface area (TPSA) is 71.1 Å². The number of hydrogen-bond acceptors (Lipinski definition) is 3. The maximum Gasteiger partial charge on any atom is 0.228 e. The molecule has 1 saturated carbocycles. The molecule has 2 aromatic rings. The van der Waals surface area contributed by atoms with Crippen LogP contribution in [0.25, 0.3) is 0 Å². The van der Waals surface area contributed by atoms with Crippen LogP contribution in [0.1, 0.15) is 23.1 Å². The second-order valence-electron chi connectivity index (χ2n) is 6.39. The lowest BCUT2D eigenvalue weighted by atomic mass is 10.1. The van der Waals surface area contributed by atoms with Crippen LogP contribution in [0.15, 0.2) is 42.7 Å². The minimum atomic E-state index is -0.236. The first-order chi connectivity index (χ1) is 11.5. The van der Waals surface area contributed by atoms with Gasteiger partial charge < -0.3 is 10.6 Å². The summed E-state index contributed by atoms with van der Waals surface area (Å²) in [5, 5.41) is 5.78. The molecule has 1 heterocycles. The quantitative estimate of drug-likeness (QED) is 0.888. The molecule has 5 heteroatoms. The molecule has 5 nitrogen and oxygen atoms in total. The molecule has 1 fully saturated rings. The first-order valence-electron chi connectivity index (χ1n) is 8.09. The van der Waals surface area contributed by atoms with E-state index in [1.807, 2.05) is 38.1 Å². The first-order valence-corrected chi connectivity index (χ1v) is 8.09. The summed E-state index contributed by atoms with van der Waals surface area (Å²) in [7, 11) is 0. The van der Waals surface area contributed by atoms with Gasteiger partial charge in [0.15, 0.2) is 0 Å². The molecule has 24 heavy (non-hydrogen) atoms. The number of amides is 2. The van der Waals surface area contributed by atoms with E-state index in [0.717, 1.165) is 22.4 Å². The van der Waals surface area contributed by atoms with E-state index in [9.17, 15) is 9.59 Å². The van der Waals surface area contributed by atoms with Crippen molar-refractivity contribution in [3.8, 4) is 0 Å². The molecule has 0 bridgehead atoms. The van der Waals surface area contributed by atoms with Gasteiger partial charge in [-0.15, -0.1) is 0 Å². The lowest BCUT2D eigenvalue weighted by molar-refractivity contribution is -0.125. The molecule has 0 spiro atoms. The third-order valence-electron chi connectivity index (χ3n) is 4.14. The van der Waals surface area contributed by atoms with Crippen LogP contribution in [0.3, 0.4) is 0 Å². The average molecular weight is 323 g/mol. The number of aromatic nitrogens is 1. The summed E-state index contributed by atoms with van der Waals surface area (Å²) in [6.45, 7) is 4.43. The standard InChI is InChI=1S/C19H21N3O2/c1-12-6-13(2)8-15(7-12)22-19(24)17-9-16(17)18(23)21-11-14-4-3-5-20-10-14/h3-8,10,16-17H,9,11H2,1-2H3,(H,21,23)(H,22,24). The van der Waals surface area contributed by atoms with Gasteiger partial charge in [-0.1, -0.05) is 12.1 Å². The molecule has 2 N–H and O–H groups in total. The Morgan fingerprint density at radius 3 is 2.50 bits per heavy atom. The SMILES string of the molecule is Cc1cc(C)cc(NC(=O)C2CC2C(=O)NCc2cccnc2)c1. The van der Waals surface area contributed by atoms with Crippen molar-refractivity contribution < 1.29 is 9.59 Å². The molecule has 0 radical (unpaired) electrons. The zero-order valence-electron chi connectivity index (χ0n) is 13.9. The van der Waals surface area contributed by atoms with E-state index in [-0.39, 0.29) is 23.7 Å². The molecule has 3 rings (SSSR count). The fourth-order valence-corrected chi connectivity index (χ4v) is 2.88. The van der Waals surface area contributed by atoms with Gasteiger partial charge in [0.25, 0.3) is 0 Å². The summed E-state index contributed by atoms with van der Waals surface area (Å²) in [5.74, 6) is -0.617. The number of carbonyl (C=O) groups excluding carboxylic acids is 2. The molecular formula is C19H21N3O2. The normalized spacial score (nSPS) is 18.8. The van der Waals surface area contributed by atoms with E-state index in [1.54, 1.807) is 12.4 Å². The third-order valence-corrected chi connectivity index (χ3v) is 4.14. The van der Waals surface area contributed by atoms with E-state index in [0.29, 0.717) is 13.0 Å². The molecule has 2 atom stereocenters. The molecule has 0 aliphatic heterocycles. The molecule has 2 amide bonds. The molecule has 0 saturated heterocycles. The Labute approximate surface area is 141 Å². The van der Waals surface area contributed by atoms with Crippen LogP contribution in [0.5, 0.6) is 0 Å². The molecule has 1 aliphatic rings. The van der Waals surface area contributed by atoms with Gasteiger partial charge in [-0.25, -0.2) is 0 Å². The van der Waals surface area contributed by atoms with Gasteiger partial charge in [-0.05, 0) is 55.2 Å². The van der Waals surface area contributed by atoms with Crippen molar-refractivity contribution >= 4 is 17.5 Å². The predicted octanol–water partition coefficient (Wildman–Crippen LogP) is 2.59. The summed E-state index contributed by atoms with van der Waals surface area (Å²) in [5.41, 5.74) is 3.94. The van der Waals surface area contributed by atoms with Crippen molar-refractivity contribution in [2.45, 2.75) is 26.8 Å². The average Bonchev–Trinajstić information content (AvgIpc) is 3.33. The van der Waals surface area contributed by atoms with E-state index >= 15 is 0 Å². The summed E-state index contributed by atoms with van der Waals surface area (Å²) in [4.78, 5) is 28.4. The zero-order chi connectivity index (χ0) is 17.1. The van der Waals surface area contributed by atoms with Gasteiger partial charge in [0.05, 0.1) is 11.8 Å². The van der Waals surface area contributed by atoms with Crippen LogP contribution >= 0.6 is 0 Å². The number of aryl methyl sites for hydroxylation is 2. The van der Waals surface area contributed by atoms with Crippen LogP contribution < -0.4 is 10.6 Å². The highest BCUT2D eigenvalue weighted by Crippen LogP contribution is 2.39. The maximum absolute atomic E-state index is 12.3. The van der Waals surface area contributed by atoms with Gasteiger partial charge in [0.1, 0.15) is 0 Å². The Morgan fingerprint density at radius 2 is 1.83 bits per heavy atom. The van der Waals surface area contributed by atoms with Gasteiger partial charge in [0, 0.05) is 24.6 Å². The van der Waals surface area contributed by atoms with Crippen molar-refractivity contribution in [3.05, 3.63) is 59.4 Å². The summed E-state index contributed by atoms with van der Waals surface area (Å²) in [6, 6.07) is 9.67. The molecule has 1 aliphatic carbocycles. The highest BCUT2D eigenvalue weighted by atomic mass is 16.2. The lowest BCUT2D eigenvalue weighted by Crippen LogP contribution is -2.27. The largest absolute Gasteiger partial charge is 0.352 e. The monoisotopic (exact) mass is 323 g/mol. The zero-order valence-corrected chi connectivity index (χ0v) is 13.9. The minimum Gasteiger partial charge on any atom is -0.352 e. The number of hydrogen-bond donors (Lipinski definition) is 2. The van der Waals surface area contributed by atoms with E-state index in [1.165, 1.54) is 0 Å². The highest BCUT2D eigenvalue weighted by molar-refractivity contribution is 5.99.